The molecule has 0 aliphatic carbocycles. The highest BCUT2D eigenvalue weighted by Gasteiger charge is 2.18. The Balaban J connectivity index is 1.49. The molecule has 1 atom stereocenters. The predicted octanol–water partition coefficient (Wildman–Crippen LogP) is 4.11. The second-order valence-corrected chi connectivity index (χ2v) is 7.18. The van der Waals surface area contributed by atoms with E-state index in [2.05, 4.69) is 10.3 Å². The number of carbonyl (C=O) groups is 2. The summed E-state index contributed by atoms with van der Waals surface area (Å²) in [4.78, 5) is 28.7. The van der Waals surface area contributed by atoms with Gasteiger partial charge in [0.1, 0.15) is 0 Å². The van der Waals surface area contributed by atoms with Crippen molar-refractivity contribution in [2.24, 2.45) is 0 Å². The number of esters is 1. The predicted molar refractivity (Wildman–Crippen MR) is 103 cm³/mol. The van der Waals surface area contributed by atoms with Crippen LogP contribution in [-0.2, 0) is 20.7 Å². The molecular weight excluding hydrogens is 348 g/mol. The SMILES string of the molecule is Cc1cccc(NC(=O)[C@@H](C)OC(=O)CCc2nc3ccccc3s2)c1. The van der Waals surface area contributed by atoms with E-state index in [-0.39, 0.29) is 12.3 Å². The molecule has 26 heavy (non-hydrogen) atoms. The number of fused-ring (bicyclic) bond motifs is 1. The lowest BCUT2D eigenvalue weighted by molar-refractivity contribution is -0.153. The summed E-state index contributed by atoms with van der Waals surface area (Å²) < 4.78 is 6.34. The summed E-state index contributed by atoms with van der Waals surface area (Å²) in [6, 6.07) is 15.3. The number of aryl methyl sites for hydroxylation is 2. The lowest BCUT2D eigenvalue weighted by Crippen LogP contribution is -2.30. The van der Waals surface area contributed by atoms with Crippen LogP contribution in [0.3, 0.4) is 0 Å². The molecule has 5 nitrogen and oxygen atoms in total. The third-order valence-electron chi connectivity index (χ3n) is 3.84. The normalized spacial score (nSPS) is 11.9. The van der Waals surface area contributed by atoms with E-state index in [9.17, 15) is 9.59 Å². The maximum absolute atomic E-state index is 12.2. The van der Waals surface area contributed by atoms with E-state index in [0.29, 0.717) is 12.1 Å². The fourth-order valence-corrected chi connectivity index (χ4v) is 3.48. The van der Waals surface area contributed by atoms with Gasteiger partial charge in [-0.15, -0.1) is 11.3 Å². The average Bonchev–Trinajstić information content (AvgIpc) is 3.03. The van der Waals surface area contributed by atoms with Crippen LogP contribution in [0.15, 0.2) is 48.5 Å². The molecule has 0 aliphatic rings. The Morgan fingerprint density at radius 1 is 1.19 bits per heavy atom. The minimum atomic E-state index is -0.849. The van der Waals surface area contributed by atoms with Crippen LogP contribution >= 0.6 is 11.3 Å². The first-order valence-electron chi connectivity index (χ1n) is 8.43. The molecule has 6 heteroatoms. The summed E-state index contributed by atoms with van der Waals surface area (Å²) in [5.41, 5.74) is 2.67. The Morgan fingerprint density at radius 3 is 2.77 bits per heavy atom. The lowest BCUT2D eigenvalue weighted by atomic mass is 10.2. The van der Waals surface area contributed by atoms with Crippen molar-refractivity contribution in [2.75, 3.05) is 5.32 Å². The molecule has 0 radical (unpaired) electrons. The Bertz CT molecular complexity index is 902. The zero-order valence-electron chi connectivity index (χ0n) is 14.7. The molecular formula is C20H20N2O3S. The largest absolute Gasteiger partial charge is 0.453 e. The summed E-state index contributed by atoms with van der Waals surface area (Å²) in [5.74, 6) is -0.750. The number of thiazole rings is 1. The number of benzene rings is 2. The van der Waals surface area contributed by atoms with E-state index in [1.807, 2.05) is 49.4 Å². The van der Waals surface area contributed by atoms with Crippen molar-refractivity contribution in [2.45, 2.75) is 32.8 Å². The van der Waals surface area contributed by atoms with Gasteiger partial charge in [0.15, 0.2) is 6.10 Å². The molecule has 2 aromatic carbocycles. The monoisotopic (exact) mass is 368 g/mol. The minimum Gasteiger partial charge on any atom is -0.453 e. The molecule has 1 amide bonds. The molecule has 3 aromatic rings. The van der Waals surface area contributed by atoms with Gasteiger partial charge in [0.25, 0.3) is 5.91 Å². The van der Waals surface area contributed by atoms with Crippen molar-refractivity contribution in [1.29, 1.82) is 0 Å². The third kappa shape index (κ3) is 4.67. The van der Waals surface area contributed by atoms with Crippen LogP contribution in [0, 0.1) is 6.92 Å². The summed E-state index contributed by atoms with van der Waals surface area (Å²) in [7, 11) is 0. The average molecular weight is 368 g/mol. The number of para-hydroxylation sites is 1. The van der Waals surface area contributed by atoms with E-state index >= 15 is 0 Å². The first kappa shape index (κ1) is 18.1. The highest BCUT2D eigenvalue weighted by atomic mass is 32.1. The van der Waals surface area contributed by atoms with Gasteiger partial charge in [0, 0.05) is 12.1 Å². The molecule has 0 saturated carbocycles. The van der Waals surface area contributed by atoms with Crippen LogP contribution in [0.5, 0.6) is 0 Å². The van der Waals surface area contributed by atoms with Crippen molar-refractivity contribution in [1.82, 2.24) is 4.98 Å². The van der Waals surface area contributed by atoms with Crippen LogP contribution in [0.4, 0.5) is 5.69 Å². The molecule has 0 fully saturated rings. The molecule has 0 spiro atoms. The fourth-order valence-electron chi connectivity index (χ4n) is 2.51. The summed E-state index contributed by atoms with van der Waals surface area (Å²) in [6.45, 7) is 3.52. The van der Waals surface area contributed by atoms with E-state index < -0.39 is 12.1 Å². The summed E-state index contributed by atoms with van der Waals surface area (Å²) in [5, 5.41) is 3.64. The van der Waals surface area contributed by atoms with Gasteiger partial charge in [-0.2, -0.15) is 0 Å². The molecule has 0 bridgehead atoms. The van der Waals surface area contributed by atoms with Gasteiger partial charge in [-0.25, -0.2) is 4.98 Å². The van der Waals surface area contributed by atoms with Gasteiger partial charge in [0.2, 0.25) is 0 Å². The number of carbonyl (C=O) groups excluding carboxylic acids is 2. The standard InChI is InChI=1S/C20H20N2O3S/c1-13-6-5-7-15(12-13)21-20(24)14(2)25-19(23)11-10-18-22-16-8-3-4-9-17(16)26-18/h3-9,12,14H,10-11H2,1-2H3,(H,21,24)/t14-/m1/s1. The van der Waals surface area contributed by atoms with E-state index in [0.717, 1.165) is 20.8 Å². The molecule has 1 heterocycles. The zero-order chi connectivity index (χ0) is 18.5. The van der Waals surface area contributed by atoms with Crippen LogP contribution in [0.2, 0.25) is 0 Å². The van der Waals surface area contributed by atoms with Crippen molar-refractivity contribution in [3.63, 3.8) is 0 Å². The molecule has 134 valence electrons. The van der Waals surface area contributed by atoms with E-state index in [4.69, 9.17) is 4.74 Å². The maximum atomic E-state index is 12.2. The number of nitrogens with one attached hydrogen (secondary N) is 1. The van der Waals surface area contributed by atoms with E-state index in [1.54, 1.807) is 24.3 Å². The van der Waals surface area contributed by atoms with Gasteiger partial charge < -0.3 is 10.1 Å². The number of amides is 1. The number of hydrogen-bond acceptors (Lipinski definition) is 5. The Morgan fingerprint density at radius 2 is 2.00 bits per heavy atom. The van der Waals surface area contributed by atoms with Crippen molar-refractivity contribution >= 4 is 39.1 Å². The second kappa shape index (κ2) is 8.10. The summed E-state index contributed by atoms with van der Waals surface area (Å²) >= 11 is 1.57. The van der Waals surface area contributed by atoms with Crippen LogP contribution in [0.25, 0.3) is 10.2 Å². The molecule has 0 saturated heterocycles. The van der Waals surface area contributed by atoms with Gasteiger partial charge in [-0.1, -0.05) is 24.3 Å². The Hall–Kier alpha value is -2.73. The number of aromatic nitrogens is 1. The fraction of sp³-hybridized carbons (Fsp3) is 0.250. The van der Waals surface area contributed by atoms with Crippen LogP contribution in [0.1, 0.15) is 23.9 Å². The quantitative estimate of drug-likeness (QED) is 0.665. The zero-order valence-corrected chi connectivity index (χ0v) is 15.5. The van der Waals surface area contributed by atoms with Crippen LogP contribution in [-0.4, -0.2) is 23.0 Å². The highest BCUT2D eigenvalue weighted by Crippen LogP contribution is 2.22. The minimum absolute atomic E-state index is 0.196. The first-order chi connectivity index (χ1) is 12.5. The topological polar surface area (TPSA) is 68.3 Å². The molecule has 0 unspecified atom stereocenters. The van der Waals surface area contributed by atoms with Crippen molar-refractivity contribution in [3.8, 4) is 0 Å². The first-order valence-corrected chi connectivity index (χ1v) is 9.24. The van der Waals surface area contributed by atoms with Gasteiger partial charge in [-0.3, -0.25) is 9.59 Å². The third-order valence-corrected chi connectivity index (χ3v) is 4.94. The van der Waals surface area contributed by atoms with Gasteiger partial charge >= 0.3 is 5.97 Å². The number of anilines is 1. The Kier molecular flexibility index (Phi) is 5.63. The van der Waals surface area contributed by atoms with Crippen molar-refractivity contribution < 1.29 is 14.3 Å². The van der Waals surface area contributed by atoms with Crippen molar-refractivity contribution in [3.05, 3.63) is 59.1 Å². The number of nitrogens with zero attached hydrogens (tertiary/aromatic N) is 1. The van der Waals surface area contributed by atoms with Gasteiger partial charge in [-0.05, 0) is 43.7 Å². The van der Waals surface area contributed by atoms with E-state index in [1.165, 1.54) is 0 Å². The molecule has 3 rings (SSSR count). The Labute approximate surface area is 156 Å². The lowest BCUT2D eigenvalue weighted by Gasteiger charge is -2.13. The van der Waals surface area contributed by atoms with Gasteiger partial charge in [0.05, 0.1) is 21.6 Å². The number of hydrogen-bond donors (Lipinski definition) is 1. The highest BCUT2D eigenvalue weighted by molar-refractivity contribution is 7.18. The number of ether oxygens (including phenoxy) is 1. The molecule has 1 N–H and O–H groups in total. The smallest absolute Gasteiger partial charge is 0.306 e. The molecule has 1 aromatic heterocycles. The van der Waals surface area contributed by atoms with Crippen LogP contribution < -0.4 is 5.32 Å². The maximum Gasteiger partial charge on any atom is 0.306 e. The summed E-state index contributed by atoms with van der Waals surface area (Å²) in [6.07, 6.45) is -0.148. The number of rotatable bonds is 6. The second-order valence-electron chi connectivity index (χ2n) is 6.07. The molecule has 0 aliphatic heterocycles.